The number of allylic oxidation sites excluding steroid dienone is 1. The maximum atomic E-state index is 14.7. The number of ether oxygens (including phenoxy) is 2. The molecule has 0 radical (unpaired) electrons. The first-order chi connectivity index (χ1) is 22.0. The van der Waals surface area contributed by atoms with Crippen molar-refractivity contribution in [2.24, 2.45) is 11.8 Å². The quantitative estimate of drug-likeness (QED) is 0.153. The van der Waals surface area contributed by atoms with E-state index in [1.807, 2.05) is 24.3 Å². The van der Waals surface area contributed by atoms with Gasteiger partial charge in [0.1, 0.15) is 17.7 Å². The highest BCUT2D eigenvalue weighted by Gasteiger charge is 2.77. The summed E-state index contributed by atoms with van der Waals surface area (Å²) in [6.07, 6.45) is 3.06. The molecule has 0 aromatic heterocycles. The van der Waals surface area contributed by atoms with Crippen LogP contribution >= 0.6 is 15.9 Å². The smallest absolute Gasteiger partial charge is 0.312 e. The van der Waals surface area contributed by atoms with E-state index in [2.05, 4.69) is 53.2 Å². The summed E-state index contributed by atoms with van der Waals surface area (Å²) in [6.45, 7) is 16.6. The van der Waals surface area contributed by atoms with Gasteiger partial charge in [-0.2, -0.15) is 0 Å². The lowest BCUT2D eigenvalue weighted by atomic mass is 9.70. The summed E-state index contributed by atoms with van der Waals surface area (Å²) in [5, 5.41) is 13.0. The molecule has 3 aliphatic heterocycles. The number of nitrogens with zero attached hydrogens (tertiary/aromatic N) is 3. The summed E-state index contributed by atoms with van der Waals surface area (Å²) in [5.74, 6) is -3.56. The molecule has 12 heteroatoms. The number of aliphatic hydroxyl groups excluding tert-OH is 1. The van der Waals surface area contributed by atoms with Crippen LogP contribution in [0.25, 0.3) is 0 Å². The van der Waals surface area contributed by atoms with Gasteiger partial charge in [-0.1, -0.05) is 28.1 Å². The number of amides is 3. The molecule has 4 rings (SSSR count). The molecule has 0 aliphatic carbocycles. The topological polar surface area (TPSA) is 129 Å². The third-order valence-corrected chi connectivity index (χ3v) is 10.2. The van der Waals surface area contributed by atoms with E-state index in [0.29, 0.717) is 18.5 Å². The summed E-state index contributed by atoms with van der Waals surface area (Å²) in [7, 11) is 0. The molecule has 8 atom stereocenters. The van der Waals surface area contributed by atoms with Crippen molar-refractivity contribution >= 4 is 51.0 Å². The molecule has 2 bridgehead atoms. The molecule has 0 saturated carbocycles. The van der Waals surface area contributed by atoms with Crippen molar-refractivity contribution in [1.29, 1.82) is 0 Å². The van der Waals surface area contributed by atoms with Gasteiger partial charge in [0.15, 0.2) is 0 Å². The van der Waals surface area contributed by atoms with Crippen LogP contribution in [0.3, 0.4) is 0 Å². The van der Waals surface area contributed by atoms with Crippen LogP contribution in [0.15, 0.2) is 49.6 Å². The Morgan fingerprint density at radius 2 is 1.83 bits per heavy atom. The first kappa shape index (κ1) is 35.6. The van der Waals surface area contributed by atoms with Crippen LogP contribution in [0.5, 0.6) is 0 Å². The molecule has 1 unspecified atom stereocenters. The molecule has 3 aliphatic rings. The summed E-state index contributed by atoms with van der Waals surface area (Å²) < 4.78 is 12.3. The number of nitrogens with one attached hydrogen (secondary N) is 1. The lowest BCUT2D eigenvalue weighted by Gasteiger charge is -2.38. The minimum atomic E-state index is -1.32. The minimum absolute atomic E-state index is 0.111. The number of anilines is 2. The van der Waals surface area contributed by atoms with Crippen LogP contribution in [0.4, 0.5) is 11.4 Å². The number of carbonyl (C=O) groups is 4. The predicted octanol–water partition coefficient (Wildman–Crippen LogP) is 3.19. The zero-order valence-electron chi connectivity index (χ0n) is 27.2. The van der Waals surface area contributed by atoms with Gasteiger partial charge in [0.2, 0.25) is 11.8 Å². The van der Waals surface area contributed by atoms with Crippen LogP contribution in [-0.4, -0.2) is 101 Å². The second-order valence-electron chi connectivity index (χ2n) is 12.2. The number of carbonyl (C=O) groups excluding carboxylic acids is 4. The second-order valence-corrected chi connectivity index (χ2v) is 13.4. The van der Waals surface area contributed by atoms with Gasteiger partial charge >= 0.3 is 5.97 Å². The average molecular weight is 704 g/mol. The van der Waals surface area contributed by atoms with E-state index in [9.17, 15) is 24.3 Å². The van der Waals surface area contributed by atoms with E-state index in [1.165, 1.54) is 4.90 Å². The van der Waals surface area contributed by atoms with E-state index >= 15 is 0 Å². The van der Waals surface area contributed by atoms with E-state index in [0.717, 1.165) is 18.8 Å². The zero-order valence-corrected chi connectivity index (χ0v) is 28.8. The van der Waals surface area contributed by atoms with E-state index in [1.54, 1.807) is 30.9 Å². The largest absolute Gasteiger partial charge is 0.460 e. The summed E-state index contributed by atoms with van der Waals surface area (Å²) in [5.41, 5.74) is 0.340. The van der Waals surface area contributed by atoms with Gasteiger partial charge in [-0.15, -0.1) is 13.2 Å². The number of hydrogen-bond donors (Lipinski definition) is 2. The number of alkyl halides is 1. The van der Waals surface area contributed by atoms with Crippen molar-refractivity contribution in [3.05, 3.63) is 49.6 Å². The average Bonchev–Trinajstić information content (AvgIpc) is 3.65. The number of halogens is 1. The third kappa shape index (κ3) is 6.61. The summed E-state index contributed by atoms with van der Waals surface area (Å²) in [4.78, 5) is 59.6. The van der Waals surface area contributed by atoms with Gasteiger partial charge in [0.05, 0.1) is 37.1 Å². The monoisotopic (exact) mass is 702 g/mol. The molecule has 1 spiro atoms. The van der Waals surface area contributed by atoms with Crippen molar-refractivity contribution < 1.29 is 33.8 Å². The number of likely N-dealkylation sites (tertiary alicyclic amines) is 1. The Morgan fingerprint density at radius 3 is 2.41 bits per heavy atom. The molecule has 252 valence electrons. The molecule has 11 nitrogen and oxygen atoms in total. The maximum Gasteiger partial charge on any atom is 0.312 e. The maximum absolute atomic E-state index is 14.7. The Hall–Kier alpha value is -3.22. The SMILES string of the molecule is C=CCCC(=O)NC[C@H](C)OC(=O)[C@@H]1[C@H]2O[C@@]3(CC2Br)[C@H](C(=O)N(CC=C)c2ccc(N(CC)CC)cc2)N([C@H](C)CO)C(=O)[C@@H]13. The fourth-order valence-electron chi connectivity index (χ4n) is 7.11. The van der Waals surface area contributed by atoms with E-state index in [-0.39, 0.29) is 42.8 Å². The summed E-state index contributed by atoms with van der Waals surface area (Å²) in [6, 6.07) is 5.86. The first-order valence-electron chi connectivity index (χ1n) is 16.1. The molecule has 46 heavy (non-hydrogen) atoms. The van der Waals surface area contributed by atoms with Crippen LogP contribution in [0, 0.1) is 11.8 Å². The number of esters is 1. The fraction of sp³-hybridized carbons (Fsp3) is 0.588. The van der Waals surface area contributed by atoms with Gasteiger partial charge in [0.25, 0.3) is 5.91 Å². The van der Waals surface area contributed by atoms with Gasteiger partial charge in [-0.25, -0.2) is 0 Å². The normalized spacial score (nSPS) is 27.5. The van der Waals surface area contributed by atoms with Crippen LogP contribution in [0.1, 0.15) is 47.0 Å². The highest BCUT2D eigenvalue weighted by molar-refractivity contribution is 9.09. The molecule has 2 N–H and O–H groups in total. The predicted molar refractivity (Wildman–Crippen MR) is 180 cm³/mol. The highest BCUT2D eigenvalue weighted by Crippen LogP contribution is 2.60. The molecule has 3 heterocycles. The number of benzene rings is 1. The minimum Gasteiger partial charge on any atom is -0.460 e. The van der Waals surface area contributed by atoms with Crippen molar-refractivity contribution in [3.8, 4) is 0 Å². The molecular formula is C34H47BrN4O7. The van der Waals surface area contributed by atoms with Crippen LogP contribution in [0.2, 0.25) is 0 Å². The molecule has 3 saturated heterocycles. The van der Waals surface area contributed by atoms with Crippen molar-refractivity contribution in [2.75, 3.05) is 42.6 Å². The number of fused-ring (bicyclic) bond motifs is 1. The standard InChI is InChI=1S/C34H47BrN4O7/c1-7-11-12-26(41)36-19-22(6)45-33(44)27-28-31(42)39(21(5)20-40)30(34(28)18-25(35)29(27)46-34)32(43)38(17-8-2)24-15-13-23(14-16-24)37(9-3)10-4/h7-8,13-16,21-22,25,27-30,40H,1-2,9-12,17-20H2,3-6H3,(H,36,41)/t21-,22+,25?,27+,28-,29+,30+,34-/m1/s1. The molecule has 3 amide bonds. The second kappa shape index (κ2) is 15.1. The molecule has 3 fully saturated rings. The van der Waals surface area contributed by atoms with Crippen LogP contribution in [-0.2, 0) is 28.7 Å². The van der Waals surface area contributed by atoms with Crippen molar-refractivity contribution in [1.82, 2.24) is 10.2 Å². The van der Waals surface area contributed by atoms with Gasteiger partial charge < -0.3 is 34.6 Å². The third-order valence-electron chi connectivity index (χ3n) is 9.32. The van der Waals surface area contributed by atoms with E-state index in [4.69, 9.17) is 9.47 Å². The van der Waals surface area contributed by atoms with Crippen molar-refractivity contribution in [3.63, 3.8) is 0 Å². The Labute approximate surface area is 280 Å². The first-order valence-corrected chi connectivity index (χ1v) is 17.0. The number of hydrogen-bond acceptors (Lipinski definition) is 8. The Morgan fingerprint density at radius 1 is 1.17 bits per heavy atom. The Balaban J connectivity index is 1.64. The lowest BCUT2D eigenvalue weighted by molar-refractivity contribution is -0.159. The summed E-state index contributed by atoms with van der Waals surface area (Å²) >= 11 is 3.67. The zero-order chi connectivity index (χ0) is 33.8. The Bertz CT molecular complexity index is 1300. The fourth-order valence-corrected chi connectivity index (χ4v) is 8.05. The highest BCUT2D eigenvalue weighted by atomic mass is 79.9. The number of rotatable bonds is 16. The molecular weight excluding hydrogens is 656 g/mol. The number of aliphatic hydroxyl groups is 1. The Kier molecular flexibility index (Phi) is 11.7. The molecule has 1 aromatic rings. The lowest BCUT2D eigenvalue weighted by Crippen LogP contribution is -2.58. The van der Waals surface area contributed by atoms with Crippen LogP contribution < -0.4 is 15.1 Å². The van der Waals surface area contributed by atoms with Gasteiger partial charge in [-0.05, 0) is 64.8 Å². The van der Waals surface area contributed by atoms with Gasteiger partial charge in [0, 0.05) is 42.3 Å². The molecule has 1 aromatic carbocycles. The van der Waals surface area contributed by atoms with Gasteiger partial charge in [-0.3, -0.25) is 19.2 Å². The van der Waals surface area contributed by atoms with Crippen molar-refractivity contribution in [2.45, 2.75) is 81.7 Å². The van der Waals surface area contributed by atoms with E-state index < -0.39 is 53.6 Å².